The van der Waals surface area contributed by atoms with Crippen LogP contribution in [0.25, 0.3) is 0 Å². The van der Waals surface area contributed by atoms with E-state index in [2.05, 4.69) is 20.6 Å². The van der Waals surface area contributed by atoms with E-state index in [-0.39, 0.29) is 11.9 Å². The van der Waals surface area contributed by atoms with Crippen LogP contribution in [0.1, 0.15) is 24.3 Å². The Morgan fingerprint density at radius 2 is 2.10 bits per heavy atom. The van der Waals surface area contributed by atoms with Crippen molar-refractivity contribution in [1.82, 2.24) is 15.3 Å². The van der Waals surface area contributed by atoms with E-state index >= 15 is 0 Å². The topological polar surface area (TPSA) is 76.1 Å². The number of carbonyl (C=O) groups is 1. The molecule has 0 aliphatic rings. The molecule has 1 amide bonds. The van der Waals surface area contributed by atoms with E-state index in [1.807, 2.05) is 38.1 Å². The Hall–Kier alpha value is -2.63. The number of carbonyl (C=O) groups excluding carboxylic acids is 1. The highest BCUT2D eigenvalue weighted by molar-refractivity contribution is 5.92. The summed E-state index contributed by atoms with van der Waals surface area (Å²) in [7, 11) is 1.60. The van der Waals surface area contributed by atoms with Crippen molar-refractivity contribution >= 4 is 17.5 Å². The third-order valence-corrected chi connectivity index (χ3v) is 2.63. The van der Waals surface area contributed by atoms with E-state index in [1.165, 1.54) is 0 Å². The van der Waals surface area contributed by atoms with Crippen molar-refractivity contribution in [3.8, 4) is 5.75 Å². The summed E-state index contributed by atoms with van der Waals surface area (Å²) in [5, 5.41) is 5.84. The van der Waals surface area contributed by atoms with Crippen LogP contribution >= 0.6 is 0 Å². The van der Waals surface area contributed by atoms with Crippen LogP contribution in [0.5, 0.6) is 5.75 Å². The normalized spacial score (nSPS) is 10.3. The zero-order chi connectivity index (χ0) is 15.2. The summed E-state index contributed by atoms with van der Waals surface area (Å²) in [6.07, 6.45) is 1.55. The van der Waals surface area contributed by atoms with Gasteiger partial charge in [-0.15, -0.1) is 0 Å². The SMILES string of the molecule is COc1cccc(Nc2nccc(C(=O)NC(C)C)n2)c1. The molecule has 0 spiro atoms. The van der Waals surface area contributed by atoms with Crippen LogP contribution in [-0.4, -0.2) is 29.0 Å². The summed E-state index contributed by atoms with van der Waals surface area (Å²) >= 11 is 0. The van der Waals surface area contributed by atoms with E-state index in [0.29, 0.717) is 11.6 Å². The average molecular weight is 286 g/mol. The van der Waals surface area contributed by atoms with Crippen molar-refractivity contribution < 1.29 is 9.53 Å². The van der Waals surface area contributed by atoms with Crippen molar-refractivity contribution in [1.29, 1.82) is 0 Å². The Balaban J connectivity index is 2.15. The van der Waals surface area contributed by atoms with Gasteiger partial charge in [0.15, 0.2) is 0 Å². The molecule has 0 radical (unpaired) electrons. The van der Waals surface area contributed by atoms with E-state index < -0.39 is 0 Å². The van der Waals surface area contributed by atoms with Gasteiger partial charge in [-0.05, 0) is 32.0 Å². The van der Waals surface area contributed by atoms with Gasteiger partial charge in [0, 0.05) is 24.0 Å². The Morgan fingerprint density at radius 1 is 1.29 bits per heavy atom. The van der Waals surface area contributed by atoms with Gasteiger partial charge >= 0.3 is 0 Å². The molecule has 1 heterocycles. The molecule has 0 aliphatic carbocycles. The number of hydrogen-bond donors (Lipinski definition) is 2. The lowest BCUT2D eigenvalue weighted by Crippen LogP contribution is -2.30. The first-order chi connectivity index (χ1) is 10.1. The van der Waals surface area contributed by atoms with Crippen LogP contribution in [-0.2, 0) is 0 Å². The number of nitrogens with zero attached hydrogens (tertiary/aromatic N) is 2. The molecule has 6 heteroatoms. The summed E-state index contributed by atoms with van der Waals surface area (Å²) < 4.78 is 5.15. The molecule has 0 aliphatic heterocycles. The smallest absolute Gasteiger partial charge is 0.270 e. The standard InChI is InChI=1S/C15H18N4O2/c1-10(2)17-14(20)13-7-8-16-15(19-13)18-11-5-4-6-12(9-11)21-3/h4-10H,1-3H3,(H,17,20)(H,16,18,19). The predicted octanol–water partition coefficient (Wildman–Crippen LogP) is 2.37. The lowest BCUT2D eigenvalue weighted by Gasteiger charge is -2.09. The molecule has 1 aromatic carbocycles. The van der Waals surface area contributed by atoms with Gasteiger partial charge in [0.25, 0.3) is 5.91 Å². The molecular weight excluding hydrogens is 268 g/mol. The van der Waals surface area contributed by atoms with Crippen LogP contribution in [0.15, 0.2) is 36.5 Å². The van der Waals surface area contributed by atoms with E-state index in [1.54, 1.807) is 19.4 Å². The van der Waals surface area contributed by atoms with Crippen LogP contribution < -0.4 is 15.4 Å². The molecule has 6 nitrogen and oxygen atoms in total. The molecule has 1 aromatic heterocycles. The number of benzene rings is 1. The predicted molar refractivity (Wildman–Crippen MR) is 80.9 cm³/mol. The number of methoxy groups -OCH3 is 1. The summed E-state index contributed by atoms with van der Waals surface area (Å²) in [4.78, 5) is 20.2. The van der Waals surface area contributed by atoms with E-state index in [0.717, 1.165) is 11.4 Å². The molecule has 2 N–H and O–H groups in total. The van der Waals surface area contributed by atoms with Gasteiger partial charge in [-0.25, -0.2) is 9.97 Å². The lowest BCUT2D eigenvalue weighted by molar-refractivity contribution is 0.0938. The number of rotatable bonds is 5. The minimum atomic E-state index is -0.221. The van der Waals surface area contributed by atoms with E-state index in [9.17, 15) is 4.79 Å². The maximum atomic E-state index is 11.9. The highest BCUT2D eigenvalue weighted by Crippen LogP contribution is 2.19. The third kappa shape index (κ3) is 4.17. The number of anilines is 2. The lowest BCUT2D eigenvalue weighted by atomic mass is 10.3. The minimum absolute atomic E-state index is 0.0576. The second-order valence-electron chi connectivity index (χ2n) is 4.75. The Labute approximate surface area is 123 Å². The molecule has 21 heavy (non-hydrogen) atoms. The monoisotopic (exact) mass is 286 g/mol. The molecule has 0 saturated heterocycles. The van der Waals surface area contributed by atoms with Crippen LogP contribution in [0.4, 0.5) is 11.6 Å². The van der Waals surface area contributed by atoms with Gasteiger partial charge in [0.2, 0.25) is 5.95 Å². The minimum Gasteiger partial charge on any atom is -0.497 e. The molecule has 0 atom stereocenters. The second-order valence-corrected chi connectivity index (χ2v) is 4.75. The van der Waals surface area contributed by atoms with Gasteiger partial charge in [-0.2, -0.15) is 0 Å². The molecule has 2 rings (SSSR count). The maximum Gasteiger partial charge on any atom is 0.270 e. The van der Waals surface area contributed by atoms with Crippen LogP contribution in [0.3, 0.4) is 0 Å². The third-order valence-electron chi connectivity index (χ3n) is 2.63. The molecule has 110 valence electrons. The number of nitrogens with one attached hydrogen (secondary N) is 2. The van der Waals surface area contributed by atoms with Gasteiger partial charge in [-0.1, -0.05) is 6.07 Å². The summed E-state index contributed by atoms with van der Waals surface area (Å²) in [6.45, 7) is 3.79. The Morgan fingerprint density at radius 3 is 2.81 bits per heavy atom. The summed E-state index contributed by atoms with van der Waals surface area (Å²) in [5.74, 6) is 0.870. The summed E-state index contributed by atoms with van der Waals surface area (Å²) in [6, 6.07) is 9.03. The first-order valence-electron chi connectivity index (χ1n) is 6.63. The van der Waals surface area contributed by atoms with Crippen molar-refractivity contribution in [3.05, 3.63) is 42.2 Å². The number of amides is 1. The van der Waals surface area contributed by atoms with Crippen molar-refractivity contribution in [2.24, 2.45) is 0 Å². The van der Waals surface area contributed by atoms with Gasteiger partial charge < -0.3 is 15.4 Å². The zero-order valence-electron chi connectivity index (χ0n) is 12.3. The number of aromatic nitrogens is 2. The maximum absolute atomic E-state index is 11.9. The van der Waals surface area contributed by atoms with Crippen LogP contribution in [0.2, 0.25) is 0 Å². The van der Waals surface area contributed by atoms with Gasteiger partial charge in [0.05, 0.1) is 7.11 Å². The number of ether oxygens (including phenoxy) is 1. The fourth-order valence-electron chi connectivity index (χ4n) is 1.71. The van der Waals surface area contributed by atoms with Crippen molar-refractivity contribution in [2.45, 2.75) is 19.9 Å². The number of hydrogen-bond acceptors (Lipinski definition) is 5. The first kappa shape index (κ1) is 14.8. The van der Waals surface area contributed by atoms with Gasteiger partial charge in [0.1, 0.15) is 11.4 Å². The Bertz CT molecular complexity index is 629. The highest BCUT2D eigenvalue weighted by Gasteiger charge is 2.10. The molecule has 2 aromatic rings. The fourth-order valence-corrected chi connectivity index (χ4v) is 1.71. The molecular formula is C15H18N4O2. The fraction of sp³-hybridized carbons (Fsp3) is 0.267. The molecule has 0 unspecified atom stereocenters. The molecule has 0 bridgehead atoms. The largest absolute Gasteiger partial charge is 0.497 e. The van der Waals surface area contributed by atoms with Crippen LogP contribution in [0, 0.1) is 0 Å². The molecule has 0 fully saturated rings. The van der Waals surface area contributed by atoms with Crippen molar-refractivity contribution in [2.75, 3.05) is 12.4 Å². The highest BCUT2D eigenvalue weighted by atomic mass is 16.5. The van der Waals surface area contributed by atoms with Crippen molar-refractivity contribution in [3.63, 3.8) is 0 Å². The first-order valence-corrected chi connectivity index (χ1v) is 6.63. The second kappa shape index (κ2) is 6.69. The van der Waals surface area contributed by atoms with E-state index in [4.69, 9.17) is 4.74 Å². The van der Waals surface area contributed by atoms with Gasteiger partial charge in [-0.3, -0.25) is 4.79 Å². The molecule has 0 saturated carbocycles. The quantitative estimate of drug-likeness (QED) is 0.882. The Kier molecular flexibility index (Phi) is 4.71. The average Bonchev–Trinajstić information content (AvgIpc) is 2.47. The summed E-state index contributed by atoms with van der Waals surface area (Å²) in [5.41, 5.74) is 1.11. The zero-order valence-corrected chi connectivity index (χ0v) is 12.3.